The number of piperazine rings is 1. The fraction of sp³-hybridized carbons (Fsp3) is 0.500. The van der Waals surface area contributed by atoms with Crippen molar-refractivity contribution in [3.05, 3.63) is 29.8 Å². The van der Waals surface area contributed by atoms with Crippen molar-refractivity contribution in [2.75, 3.05) is 44.2 Å². The summed E-state index contributed by atoms with van der Waals surface area (Å²) in [7, 11) is 0. The van der Waals surface area contributed by atoms with Gasteiger partial charge in [-0.1, -0.05) is 0 Å². The van der Waals surface area contributed by atoms with Gasteiger partial charge < -0.3 is 15.1 Å². The lowest BCUT2D eigenvalue weighted by atomic mass is 10.0. The molecule has 2 heterocycles. The molecule has 0 aromatic heterocycles. The molecular formula is C14H18ClF2N3O. The van der Waals surface area contributed by atoms with E-state index in [0.29, 0.717) is 26.2 Å². The molecule has 2 aliphatic heterocycles. The molecule has 1 aromatic rings. The van der Waals surface area contributed by atoms with Crippen molar-refractivity contribution in [1.29, 1.82) is 0 Å². The molecule has 4 nitrogen and oxygen atoms in total. The van der Waals surface area contributed by atoms with Crippen molar-refractivity contribution in [2.45, 2.75) is 0 Å². The number of hydrogen-bond acceptors (Lipinski definition) is 3. The second-order valence-electron chi connectivity index (χ2n) is 5.26. The number of carbonyl (C=O) groups is 1. The molecule has 7 heteroatoms. The van der Waals surface area contributed by atoms with Gasteiger partial charge in [0.2, 0.25) is 5.91 Å². The predicted octanol–water partition coefficient (Wildman–Crippen LogP) is 1.25. The van der Waals surface area contributed by atoms with Crippen LogP contribution >= 0.6 is 12.4 Å². The molecule has 1 amide bonds. The Morgan fingerprint density at radius 3 is 2.38 bits per heavy atom. The molecule has 2 aliphatic rings. The average molecular weight is 318 g/mol. The van der Waals surface area contributed by atoms with E-state index in [-0.39, 0.29) is 29.9 Å². The number of rotatable bonds is 2. The second kappa shape index (κ2) is 6.58. The number of anilines is 1. The first-order chi connectivity index (χ1) is 9.65. The lowest BCUT2D eigenvalue weighted by molar-refractivity contribution is -0.137. The number of nitrogens with zero attached hydrogens (tertiary/aromatic N) is 2. The monoisotopic (exact) mass is 317 g/mol. The zero-order valence-corrected chi connectivity index (χ0v) is 12.3. The van der Waals surface area contributed by atoms with Crippen LogP contribution in [-0.4, -0.2) is 50.1 Å². The van der Waals surface area contributed by atoms with Gasteiger partial charge in [-0.05, 0) is 12.1 Å². The Labute approximate surface area is 128 Å². The van der Waals surface area contributed by atoms with Gasteiger partial charge in [0.05, 0.1) is 11.6 Å². The van der Waals surface area contributed by atoms with Gasteiger partial charge in [-0.25, -0.2) is 8.78 Å². The molecule has 3 rings (SSSR count). The van der Waals surface area contributed by atoms with Gasteiger partial charge in [-0.15, -0.1) is 12.4 Å². The number of benzene rings is 1. The van der Waals surface area contributed by atoms with Crippen LogP contribution in [0.15, 0.2) is 18.2 Å². The summed E-state index contributed by atoms with van der Waals surface area (Å²) < 4.78 is 26.9. The van der Waals surface area contributed by atoms with E-state index in [1.165, 1.54) is 6.07 Å². The van der Waals surface area contributed by atoms with Crippen LogP contribution in [0.1, 0.15) is 0 Å². The highest BCUT2D eigenvalue weighted by molar-refractivity contribution is 5.85. The molecular weight excluding hydrogens is 300 g/mol. The second-order valence-corrected chi connectivity index (χ2v) is 5.26. The van der Waals surface area contributed by atoms with Crippen LogP contribution in [-0.2, 0) is 4.79 Å². The van der Waals surface area contributed by atoms with Gasteiger partial charge in [-0.2, -0.15) is 0 Å². The fourth-order valence-electron chi connectivity index (χ4n) is 2.62. The van der Waals surface area contributed by atoms with Crippen LogP contribution in [0.3, 0.4) is 0 Å². The topological polar surface area (TPSA) is 35.6 Å². The van der Waals surface area contributed by atoms with Crippen LogP contribution in [0.2, 0.25) is 0 Å². The Morgan fingerprint density at radius 1 is 1.14 bits per heavy atom. The number of hydrogen-bond donors (Lipinski definition) is 1. The standard InChI is InChI=1S/C14H17F2N3O.ClH/c15-11-1-2-12(16)13(7-11)18-3-5-19(6-4-18)14(20)10-8-17-9-10;/h1-2,7,10,17H,3-6,8-9H2;1H. The number of halogens is 3. The van der Waals surface area contributed by atoms with Crippen molar-refractivity contribution in [3.63, 3.8) is 0 Å². The molecule has 0 radical (unpaired) electrons. The maximum atomic E-state index is 13.7. The van der Waals surface area contributed by atoms with E-state index in [4.69, 9.17) is 0 Å². The van der Waals surface area contributed by atoms with Gasteiger partial charge in [0.1, 0.15) is 11.6 Å². The lowest BCUT2D eigenvalue weighted by Crippen LogP contribution is -2.56. The van der Waals surface area contributed by atoms with Crippen molar-refractivity contribution in [3.8, 4) is 0 Å². The van der Waals surface area contributed by atoms with Gasteiger partial charge >= 0.3 is 0 Å². The first-order valence-electron chi connectivity index (χ1n) is 6.84. The SMILES string of the molecule is Cl.O=C(C1CNC1)N1CCN(c2cc(F)ccc2F)CC1. The lowest BCUT2D eigenvalue weighted by Gasteiger charge is -2.39. The highest BCUT2D eigenvalue weighted by atomic mass is 35.5. The van der Waals surface area contributed by atoms with E-state index in [2.05, 4.69) is 5.32 Å². The molecule has 1 N–H and O–H groups in total. The van der Waals surface area contributed by atoms with Gasteiger partial charge in [-0.3, -0.25) is 4.79 Å². The van der Waals surface area contributed by atoms with Crippen LogP contribution in [0, 0.1) is 17.6 Å². The molecule has 2 saturated heterocycles. The van der Waals surface area contributed by atoms with Crippen molar-refractivity contribution in [1.82, 2.24) is 10.2 Å². The third-order valence-corrected chi connectivity index (χ3v) is 3.97. The van der Waals surface area contributed by atoms with E-state index in [1.807, 2.05) is 4.90 Å². The third-order valence-electron chi connectivity index (χ3n) is 3.97. The van der Waals surface area contributed by atoms with E-state index in [0.717, 1.165) is 25.2 Å². The van der Waals surface area contributed by atoms with E-state index in [1.54, 1.807) is 4.90 Å². The van der Waals surface area contributed by atoms with Gasteiger partial charge in [0.25, 0.3) is 0 Å². The highest BCUT2D eigenvalue weighted by Gasteiger charge is 2.31. The minimum atomic E-state index is -0.444. The van der Waals surface area contributed by atoms with E-state index >= 15 is 0 Å². The first-order valence-corrected chi connectivity index (χ1v) is 6.84. The van der Waals surface area contributed by atoms with Crippen molar-refractivity contribution in [2.24, 2.45) is 5.92 Å². The summed E-state index contributed by atoms with van der Waals surface area (Å²) >= 11 is 0. The highest BCUT2D eigenvalue weighted by Crippen LogP contribution is 2.22. The zero-order chi connectivity index (χ0) is 14.1. The first kappa shape index (κ1) is 16.0. The fourth-order valence-corrected chi connectivity index (χ4v) is 2.62. The summed E-state index contributed by atoms with van der Waals surface area (Å²) in [6.45, 7) is 3.68. The van der Waals surface area contributed by atoms with E-state index in [9.17, 15) is 13.6 Å². The normalized spacial score (nSPS) is 19.0. The van der Waals surface area contributed by atoms with Crippen LogP contribution in [0.25, 0.3) is 0 Å². The minimum Gasteiger partial charge on any atom is -0.366 e. The Bertz CT molecular complexity index is 517. The zero-order valence-electron chi connectivity index (χ0n) is 11.5. The molecule has 0 saturated carbocycles. The maximum Gasteiger partial charge on any atom is 0.228 e. The Balaban J connectivity index is 0.00000161. The quantitative estimate of drug-likeness (QED) is 0.892. The van der Waals surface area contributed by atoms with Crippen molar-refractivity contribution < 1.29 is 13.6 Å². The van der Waals surface area contributed by atoms with Crippen molar-refractivity contribution >= 4 is 24.0 Å². The number of carbonyl (C=O) groups excluding carboxylic acids is 1. The summed E-state index contributed by atoms with van der Waals surface area (Å²) in [5.74, 6) is -0.606. The Kier molecular flexibility index (Phi) is 5.00. The summed E-state index contributed by atoms with van der Waals surface area (Å²) in [5.41, 5.74) is 0.280. The Hall–Kier alpha value is -1.40. The Morgan fingerprint density at radius 2 is 1.81 bits per heavy atom. The molecule has 21 heavy (non-hydrogen) atoms. The molecule has 0 atom stereocenters. The third kappa shape index (κ3) is 3.27. The molecule has 2 fully saturated rings. The molecule has 0 spiro atoms. The smallest absolute Gasteiger partial charge is 0.228 e. The van der Waals surface area contributed by atoms with Crippen LogP contribution in [0.5, 0.6) is 0 Å². The van der Waals surface area contributed by atoms with Gasteiger partial charge in [0.15, 0.2) is 0 Å². The summed E-state index contributed by atoms with van der Waals surface area (Å²) in [6.07, 6.45) is 0. The van der Waals surface area contributed by atoms with Crippen LogP contribution < -0.4 is 10.2 Å². The van der Waals surface area contributed by atoms with Crippen LogP contribution in [0.4, 0.5) is 14.5 Å². The molecule has 0 unspecified atom stereocenters. The molecule has 116 valence electrons. The largest absolute Gasteiger partial charge is 0.366 e. The van der Waals surface area contributed by atoms with Gasteiger partial charge in [0, 0.05) is 45.3 Å². The summed E-state index contributed by atoms with van der Waals surface area (Å²) in [6, 6.07) is 3.47. The number of amides is 1. The summed E-state index contributed by atoms with van der Waals surface area (Å²) in [4.78, 5) is 15.7. The maximum absolute atomic E-state index is 13.7. The molecule has 1 aromatic carbocycles. The average Bonchev–Trinajstić information content (AvgIpc) is 2.40. The number of nitrogens with one attached hydrogen (secondary N) is 1. The minimum absolute atomic E-state index is 0. The molecule has 0 bridgehead atoms. The van der Waals surface area contributed by atoms with E-state index < -0.39 is 11.6 Å². The summed E-state index contributed by atoms with van der Waals surface area (Å²) in [5, 5.41) is 3.08. The molecule has 0 aliphatic carbocycles. The predicted molar refractivity (Wildman–Crippen MR) is 78.8 cm³/mol.